The van der Waals surface area contributed by atoms with E-state index in [0.29, 0.717) is 22.8 Å². The van der Waals surface area contributed by atoms with E-state index in [4.69, 9.17) is 9.47 Å². The third kappa shape index (κ3) is 2.56. The van der Waals surface area contributed by atoms with Crippen LogP contribution in [0, 0.1) is 6.92 Å². The van der Waals surface area contributed by atoms with Crippen molar-refractivity contribution in [3.05, 3.63) is 50.6 Å². The van der Waals surface area contributed by atoms with Crippen LogP contribution < -0.4 is 20.7 Å². The molecule has 0 unspecified atom stereocenters. The fourth-order valence-electron chi connectivity index (χ4n) is 1.86. The molecule has 0 aliphatic heterocycles. The molecule has 2 rings (SSSR count). The largest absolute Gasteiger partial charge is 0.493 e. The van der Waals surface area contributed by atoms with Gasteiger partial charge in [0.15, 0.2) is 11.5 Å². The molecule has 2 aromatic rings. The third-order valence-corrected chi connectivity index (χ3v) is 2.88. The molecule has 0 fully saturated rings. The molecule has 0 saturated carbocycles. The van der Waals surface area contributed by atoms with Gasteiger partial charge in [-0.1, -0.05) is 0 Å². The van der Waals surface area contributed by atoms with Crippen molar-refractivity contribution in [1.29, 1.82) is 0 Å². The molecule has 7 nitrogen and oxygen atoms in total. The molecule has 1 N–H and O–H groups in total. The molecule has 0 saturated heterocycles. The maximum Gasteiger partial charge on any atom is 0.328 e. The van der Waals surface area contributed by atoms with Crippen LogP contribution in [-0.2, 0) is 6.54 Å². The van der Waals surface area contributed by atoms with E-state index in [1.165, 1.54) is 25.0 Å². The lowest BCUT2D eigenvalue weighted by molar-refractivity contribution is 0.348. The lowest BCUT2D eigenvalue weighted by atomic mass is 10.3. The monoisotopic (exact) mass is 277 g/mol. The van der Waals surface area contributed by atoms with Gasteiger partial charge in [-0.15, -0.1) is 0 Å². The number of rotatable bonds is 4. The van der Waals surface area contributed by atoms with Gasteiger partial charge in [0.05, 0.1) is 20.8 Å². The standard InChI is InChI=1S/C13H15N3O4/c1-8-6-16(13(18)15-12(8)17)7-9-11(20-3)10(19-2)4-5-14-9/h4-6H,7H2,1-3H3,(H,15,17,18). The van der Waals surface area contributed by atoms with Crippen molar-refractivity contribution >= 4 is 0 Å². The summed E-state index contributed by atoms with van der Waals surface area (Å²) in [6, 6.07) is 1.67. The van der Waals surface area contributed by atoms with E-state index in [1.807, 2.05) is 0 Å². The molecule has 0 aliphatic carbocycles. The van der Waals surface area contributed by atoms with Gasteiger partial charge in [-0.2, -0.15) is 0 Å². The summed E-state index contributed by atoms with van der Waals surface area (Å²) in [5.74, 6) is 0.998. The van der Waals surface area contributed by atoms with E-state index in [0.717, 1.165) is 0 Å². The SMILES string of the molecule is COc1ccnc(Cn2cc(C)c(=O)[nH]c2=O)c1OC. The summed E-state index contributed by atoms with van der Waals surface area (Å²) in [7, 11) is 3.03. The second-order valence-electron chi connectivity index (χ2n) is 4.19. The number of ether oxygens (including phenoxy) is 2. The summed E-state index contributed by atoms with van der Waals surface area (Å²) in [6.45, 7) is 1.81. The number of hydrogen-bond acceptors (Lipinski definition) is 5. The molecule has 7 heteroatoms. The van der Waals surface area contributed by atoms with Crippen LogP contribution in [0.2, 0.25) is 0 Å². The Morgan fingerprint density at radius 3 is 2.70 bits per heavy atom. The number of hydrogen-bond donors (Lipinski definition) is 1. The van der Waals surface area contributed by atoms with Crippen LogP contribution in [-0.4, -0.2) is 28.8 Å². The molecule has 0 bridgehead atoms. The minimum Gasteiger partial charge on any atom is -0.493 e. The Balaban J connectivity index is 2.48. The maximum atomic E-state index is 11.8. The first kappa shape index (κ1) is 13.9. The molecule has 106 valence electrons. The van der Waals surface area contributed by atoms with Gasteiger partial charge in [-0.25, -0.2) is 4.79 Å². The number of nitrogens with zero attached hydrogens (tertiary/aromatic N) is 2. The van der Waals surface area contributed by atoms with Gasteiger partial charge in [0.25, 0.3) is 5.56 Å². The van der Waals surface area contributed by atoms with Gasteiger partial charge in [-0.3, -0.25) is 19.3 Å². The summed E-state index contributed by atoms with van der Waals surface area (Å²) in [6.07, 6.45) is 3.06. The van der Waals surface area contributed by atoms with Crippen molar-refractivity contribution in [2.45, 2.75) is 13.5 Å². The normalized spacial score (nSPS) is 10.3. The Hall–Kier alpha value is -2.57. The molecule has 2 heterocycles. The summed E-state index contributed by atoms with van der Waals surface area (Å²) in [5.41, 5.74) is 0.107. The van der Waals surface area contributed by atoms with E-state index < -0.39 is 11.2 Å². The van der Waals surface area contributed by atoms with Crippen molar-refractivity contribution in [2.24, 2.45) is 0 Å². The second kappa shape index (κ2) is 5.60. The van der Waals surface area contributed by atoms with Crippen LogP contribution >= 0.6 is 0 Å². The highest BCUT2D eigenvalue weighted by Gasteiger charge is 2.12. The molecule has 0 atom stereocenters. The second-order valence-corrected chi connectivity index (χ2v) is 4.19. The fraction of sp³-hybridized carbons (Fsp3) is 0.308. The first-order chi connectivity index (χ1) is 9.56. The molecule has 0 aliphatic rings. The third-order valence-electron chi connectivity index (χ3n) is 2.88. The van der Waals surface area contributed by atoms with E-state index in [9.17, 15) is 9.59 Å². The summed E-state index contributed by atoms with van der Waals surface area (Å²) < 4.78 is 11.8. The van der Waals surface area contributed by atoms with Crippen LogP contribution in [0.3, 0.4) is 0 Å². The maximum absolute atomic E-state index is 11.8. The van der Waals surface area contributed by atoms with Crippen LogP contribution in [0.1, 0.15) is 11.3 Å². The highest BCUT2D eigenvalue weighted by atomic mass is 16.5. The lowest BCUT2D eigenvalue weighted by Gasteiger charge is -2.12. The minimum absolute atomic E-state index is 0.177. The van der Waals surface area contributed by atoms with Gasteiger partial charge in [0.1, 0.15) is 5.69 Å². The Morgan fingerprint density at radius 1 is 1.30 bits per heavy atom. The van der Waals surface area contributed by atoms with Crippen molar-refractivity contribution in [1.82, 2.24) is 14.5 Å². The van der Waals surface area contributed by atoms with E-state index in [-0.39, 0.29) is 6.54 Å². The summed E-state index contributed by atoms with van der Waals surface area (Å²) in [4.78, 5) is 29.5. The quantitative estimate of drug-likeness (QED) is 0.869. The highest BCUT2D eigenvalue weighted by molar-refractivity contribution is 5.42. The van der Waals surface area contributed by atoms with Crippen LogP contribution in [0.4, 0.5) is 0 Å². The molecule has 2 aromatic heterocycles. The highest BCUT2D eigenvalue weighted by Crippen LogP contribution is 2.29. The molecule has 0 amide bonds. The number of H-pyrrole nitrogens is 1. The summed E-state index contributed by atoms with van der Waals surface area (Å²) >= 11 is 0. The van der Waals surface area contributed by atoms with E-state index in [1.54, 1.807) is 19.2 Å². The molecular formula is C13H15N3O4. The Labute approximate surface area is 114 Å². The number of aryl methyl sites for hydroxylation is 1. The minimum atomic E-state index is -0.493. The lowest BCUT2D eigenvalue weighted by Crippen LogP contribution is -2.31. The zero-order valence-corrected chi connectivity index (χ0v) is 11.5. The van der Waals surface area contributed by atoms with Crippen molar-refractivity contribution in [3.8, 4) is 11.5 Å². The number of methoxy groups -OCH3 is 2. The molecule has 20 heavy (non-hydrogen) atoms. The predicted octanol–water partition coefficient (Wildman–Crippen LogP) is 0.306. The molecule has 0 aromatic carbocycles. The van der Waals surface area contributed by atoms with Gasteiger partial charge in [0, 0.05) is 24.0 Å². The smallest absolute Gasteiger partial charge is 0.328 e. The number of nitrogens with one attached hydrogen (secondary N) is 1. The first-order valence-electron chi connectivity index (χ1n) is 5.93. The molecular weight excluding hydrogens is 262 g/mol. The zero-order chi connectivity index (χ0) is 14.7. The topological polar surface area (TPSA) is 86.2 Å². The number of pyridine rings is 1. The predicted molar refractivity (Wildman–Crippen MR) is 72.5 cm³/mol. The van der Waals surface area contributed by atoms with Gasteiger partial charge >= 0.3 is 5.69 Å². The Kier molecular flexibility index (Phi) is 3.88. The van der Waals surface area contributed by atoms with Crippen molar-refractivity contribution < 1.29 is 9.47 Å². The summed E-state index contributed by atoms with van der Waals surface area (Å²) in [5, 5.41) is 0. The first-order valence-corrected chi connectivity index (χ1v) is 5.93. The molecule has 0 spiro atoms. The van der Waals surface area contributed by atoms with Gasteiger partial charge < -0.3 is 9.47 Å². The Morgan fingerprint density at radius 2 is 2.05 bits per heavy atom. The van der Waals surface area contributed by atoms with Crippen molar-refractivity contribution in [2.75, 3.05) is 14.2 Å². The number of aromatic nitrogens is 3. The van der Waals surface area contributed by atoms with Crippen LogP contribution in [0.5, 0.6) is 11.5 Å². The van der Waals surface area contributed by atoms with Gasteiger partial charge in [-0.05, 0) is 6.92 Å². The van der Waals surface area contributed by atoms with Crippen LogP contribution in [0.25, 0.3) is 0 Å². The average Bonchev–Trinajstić information content (AvgIpc) is 2.44. The number of aromatic amines is 1. The van der Waals surface area contributed by atoms with E-state index in [2.05, 4.69) is 9.97 Å². The average molecular weight is 277 g/mol. The Bertz CT molecular complexity index is 733. The zero-order valence-electron chi connectivity index (χ0n) is 11.5. The van der Waals surface area contributed by atoms with Crippen molar-refractivity contribution in [3.63, 3.8) is 0 Å². The molecule has 0 radical (unpaired) electrons. The van der Waals surface area contributed by atoms with Crippen LogP contribution in [0.15, 0.2) is 28.0 Å². The van der Waals surface area contributed by atoms with Gasteiger partial charge in [0.2, 0.25) is 0 Å². The fourth-order valence-corrected chi connectivity index (χ4v) is 1.86. The van der Waals surface area contributed by atoms with E-state index >= 15 is 0 Å².